The van der Waals surface area contributed by atoms with Gasteiger partial charge in [-0.1, -0.05) is 23.5 Å². The van der Waals surface area contributed by atoms with Crippen LogP contribution >= 0.6 is 23.5 Å². The maximum absolute atomic E-state index is 12.8. The van der Waals surface area contributed by atoms with Gasteiger partial charge >= 0.3 is 12.2 Å². The summed E-state index contributed by atoms with van der Waals surface area (Å²) in [6, 6.07) is 5.10. The normalized spacial score (nSPS) is 18.6. The number of nitrogens with zero attached hydrogens (tertiary/aromatic N) is 6. The average molecular weight is 501 g/mol. The van der Waals surface area contributed by atoms with E-state index in [1.807, 2.05) is 20.2 Å². The molecule has 0 atom stereocenters. The number of hydrogen-bond acceptors (Lipinski definition) is 9. The lowest BCUT2D eigenvalue weighted by Crippen LogP contribution is -2.48. The van der Waals surface area contributed by atoms with Gasteiger partial charge in [0, 0.05) is 52.4 Å². The van der Waals surface area contributed by atoms with Crippen molar-refractivity contribution in [3.8, 4) is 17.6 Å². The van der Waals surface area contributed by atoms with Crippen molar-refractivity contribution < 1.29 is 19.1 Å². The fourth-order valence-corrected chi connectivity index (χ4v) is 6.07. The zero-order chi connectivity index (χ0) is 24.2. The number of rotatable bonds is 2. The van der Waals surface area contributed by atoms with Gasteiger partial charge in [-0.25, -0.2) is 19.7 Å². The molecule has 2 amide bonds. The van der Waals surface area contributed by atoms with Gasteiger partial charge in [0.2, 0.25) is 0 Å². The van der Waals surface area contributed by atoms with Crippen molar-refractivity contribution in [3.63, 3.8) is 0 Å². The van der Waals surface area contributed by atoms with Crippen LogP contribution in [0.25, 0.3) is 4.85 Å². The minimum atomic E-state index is -0.453. The molecule has 0 radical (unpaired) electrons. The molecule has 4 rings (SSSR count). The summed E-state index contributed by atoms with van der Waals surface area (Å²) >= 11 is 2.35. The number of nitriles is 1. The summed E-state index contributed by atoms with van der Waals surface area (Å²) in [5.41, 5.74) is -0.0566. The van der Waals surface area contributed by atoms with Crippen molar-refractivity contribution in [2.24, 2.45) is 0 Å². The van der Waals surface area contributed by atoms with Crippen LogP contribution in [0.1, 0.15) is 0 Å². The highest BCUT2D eigenvalue weighted by Crippen LogP contribution is 2.59. The van der Waals surface area contributed by atoms with Gasteiger partial charge in [-0.15, -0.1) is 0 Å². The molecule has 0 aliphatic carbocycles. The lowest BCUT2D eigenvalue weighted by atomic mass is 10.3. The van der Waals surface area contributed by atoms with Crippen molar-refractivity contribution in [2.75, 3.05) is 66.5 Å². The first kappa shape index (κ1) is 24.2. The first-order valence-corrected chi connectivity index (χ1v) is 12.4. The Kier molecular flexibility index (Phi) is 7.54. The number of amides is 2. The first-order chi connectivity index (χ1) is 16.4. The monoisotopic (exact) mass is 500 g/mol. The number of allylic oxidation sites excluding steroid dienone is 1. The number of piperazine rings is 2. The molecule has 178 valence electrons. The van der Waals surface area contributed by atoms with Gasteiger partial charge < -0.3 is 29.1 Å². The summed E-state index contributed by atoms with van der Waals surface area (Å²) in [7, 11) is 4.01. The van der Waals surface area contributed by atoms with Crippen molar-refractivity contribution in [1.82, 2.24) is 19.6 Å². The summed E-state index contributed by atoms with van der Waals surface area (Å²) in [6.45, 7) is 12.6. The highest BCUT2D eigenvalue weighted by atomic mass is 32.2. The molecule has 3 heterocycles. The molecule has 0 aromatic heterocycles. The van der Waals surface area contributed by atoms with E-state index in [0.29, 0.717) is 51.7 Å². The van der Waals surface area contributed by atoms with Crippen LogP contribution in [-0.2, 0) is 0 Å². The molecule has 0 saturated carbocycles. The maximum atomic E-state index is 12.8. The highest BCUT2D eigenvalue weighted by Gasteiger charge is 2.32. The lowest BCUT2D eigenvalue weighted by molar-refractivity contribution is 0.117. The fraction of sp³-hybridized carbons (Fsp3) is 0.455. The molecule has 2 fully saturated rings. The van der Waals surface area contributed by atoms with Crippen LogP contribution in [0.15, 0.2) is 31.9 Å². The Morgan fingerprint density at radius 2 is 1.29 bits per heavy atom. The molecule has 1 aromatic carbocycles. The van der Waals surface area contributed by atoms with Crippen molar-refractivity contribution >= 4 is 35.7 Å². The molecular weight excluding hydrogens is 476 g/mol. The third-order valence-corrected chi connectivity index (χ3v) is 8.36. The van der Waals surface area contributed by atoms with E-state index in [2.05, 4.69) is 14.6 Å². The van der Waals surface area contributed by atoms with Gasteiger partial charge in [0.05, 0.1) is 26.7 Å². The van der Waals surface area contributed by atoms with Crippen LogP contribution in [-0.4, -0.2) is 98.2 Å². The van der Waals surface area contributed by atoms with Crippen molar-refractivity contribution in [1.29, 1.82) is 5.26 Å². The molecule has 0 spiro atoms. The Balaban J connectivity index is 1.58. The molecule has 0 N–H and O–H groups in total. The minimum absolute atomic E-state index is 0.0566. The smallest absolute Gasteiger partial charge is 0.409 e. The van der Waals surface area contributed by atoms with E-state index in [9.17, 15) is 14.9 Å². The number of carbonyl (C=O) groups excluding carboxylic acids is 2. The second-order valence-electron chi connectivity index (χ2n) is 8.10. The van der Waals surface area contributed by atoms with Crippen molar-refractivity contribution in [2.45, 2.75) is 9.79 Å². The second kappa shape index (κ2) is 10.6. The SMILES string of the molecule is [C-]#[N+]C(C#N)=C1Sc2c(OC(=O)N3CCN(C)CC3)ccc(OC(=O)N3CCN(C)CC3)c2S1. The predicted molar refractivity (Wildman–Crippen MR) is 128 cm³/mol. The highest BCUT2D eigenvalue weighted by molar-refractivity contribution is 8.24. The van der Waals surface area contributed by atoms with Crippen molar-refractivity contribution in [3.05, 3.63) is 33.5 Å². The number of likely N-dealkylation sites (N-methyl/N-ethyl adjacent to an activating group) is 2. The van der Waals surface area contributed by atoms with Crippen LogP contribution in [0.3, 0.4) is 0 Å². The molecule has 0 bridgehead atoms. The third kappa shape index (κ3) is 5.26. The van der Waals surface area contributed by atoms with E-state index < -0.39 is 12.2 Å². The Bertz CT molecular complexity index is 1010. The summed E-state index contributed by atoms with van der Waals surface area (Å²) in [4.78, 5) is 37.5. The van der Waals surface area contributed by atoms with Gasteiger partial charge in [-0.05, 0) is 26.2 Å². The van der Waals surface area contributed by atoms with Crippen LogP contribution in [0.4, 0.5) is 9.59 Å². The summed E-state index contributed by atoms with van der Waals surface area (Å²) in [5.74, 6) is 0.626. The Labute approximate surface area is 206 Å². The summed E-state index contributed by atoms with van der Waals surface area (Å²) in [5, 5.41) is 9.34. The van der Waals surface area contributed by atoms with E-state index in [0.717, 1.165) is 26.2 Å². The number of hydrogen-bond donors (Lipinski definition) is 0. The topological polar surface area (TPSA) is 93.7 Å². The zero-order valence-corrected chi connectivity index (χ0v) is 20.6. The van der Waals surface area contributed by atoms with Gasteiger partial charge in [0.15, 0.2) is 0 Å². The maximum Gasteiger partial charge on any atom is 0.415 e. The molecule has 2 saturated heterocycles. The zero-order valence-electron chi connectivity index (χ0n) is 18.9. The van der Waals surface area contributed by atoms with Crippen LogP contribution in [0.2, 0.25) is 0 Å². The molecule has 10 nitrogen and oxygen atoms in total. The van der Waals surface area contributed by atoms with Crippen LogP contribution in [0.5, 0.6) is 11.5 Å². The van der Waals surface area contributed by atoms with E-state index >= 15 is 0 Å². The number of benzene rings is 1. The second-order valence-corrected chi connectivity index (χ2v) is 10.4. The van der Waals surface area contributed by atoms with Gasteiger partial charge in [-0.2, -0.15) is 0 Å². The van der Waals surface area contributed by atoms with E-state index in [4.69, 9.17) is 16.0 Å². The largest absolute Gasteiger partial charge is 0.415 e. The van der Waals surface area contributed by atoms with E-state index in [1.165, 1.54) is 23.5 Å². The molecule has 3 aliphatic heterocycles. The van der Waals surface area contributed by atoms with E-state index in [-0.39, 0.29) is 5.70 Å². The predicted octanol–water partition coefficient (Wildman–Crippen LogP) is 2.99. The van der Waals surface area contributed by atoms with Crippen LogP contribution < -0.4 is 9.47 Å². The number of thioether (sulfide) groups is 2. The first-order valence-electron chi connectivity index (χ1n) is 10.7. The quantitative estimate of drug-likeness (QED) is 0.449. The lowest BCUT2D eigenvalue weighted by Gasteiger charge is -2.32. The Hall–Kier alpha value is -2.90. The molecule has 3 aliphatic rings. The Morgan fingerprint density at radius 1 is 0.882 bits per heavy atom. The molecule has 12 heteroatoms. The Morgan fingerprint density at radius 3 is 1.65 bits per heavy atom. The molecule has 0 unspecified atom stereocenters. The summed E-state index contributed by atoms with van der Waals surface area (Å²) < 4.78 is 11.9. The number of carbonyl (C=O) groups is 2. The average Bonchev–Trinajstić information content (AvgIpc) is 3.28. The van der Waals surface area contributed by atoms with Gasteiger partial charge in [-0.3, -0.25) is 0 Å². The fourth-order valence-electron chi connectivity index (χ4n) is 3.60. The van der Waals surface area contributed by atoms with Gasteiger partial charge in [0.1, 0.15) is 11.5 Å². The van der Waals surface area contributed by atoms with Crippen LogP contribution in [0, 0.1) is 17.9 Å². The number of fused-ring (bicyclic) bond motifs is 1. The third-order valence-electron chi connectivity index (χ3n) is 5.76. The molecule has 34 heavy (non-hydrogen) atoms. The molecular formula is C22H24N6O4S2. The molecule has 1 aromatic rings. The van der Waals surface area contributed by atoms with Gasteiger partial charge in [0.25, 0.3) is 5.70 Å². The number of ether oxygens (including phenoxy) is 2. The minimum Gasteiger partial charge on any atom is -0.409 e. The summed E-state index contributed by atoms with van der Waals surface area (Å²) in [6.07, 6.45) is -0.905. The standard InChI is InChI=1S/C22H24N6O4S2/c1-24-15(14-23)20-33-18-16(31-21(29)27-10-6-25(2)7-11-27)4-5-17(19(18)34-20)32-22(30)28-12-8-26(3)9-13-28/h4-5H,6-13H2,2-3H3. The van der Waals surface area contributed by atoms with E-state index in [1.54, 1.807) is 21.9 Å².